The van der Waals surface area contributed by atoms with Crippen LogP contribution < -0.4 is 11.4 Å². The van der Waals surface area contributed by atoms with Gasteiger partial charge in [0.2, 0.25) is 5.91 Å². The van der Waals surface area contributed by atoms with E-state index in [1.807, 2.05) is 0 Å². The average molecular weight is 384 g/mol. The third-order valence-electron chi connectivity index (χ3n) is 4.22. The van der Waals surface area contributed by atoms with E-state index in [-0.39, 0.29) is 0 Å². The van der Waals surface area contributed by atoms with Crippen LogP contribution >= 0.6 is 11.3 Å². The third-order valence-corrected chi connectivity index (χ3v) is 5.40. The van der Waals surface area contributed by atoms with E-state index in [4.69, 9.17) is 5.73 Å². The van der Waals surface area contributed by atoms with E-state index in [1.165, 1.54) is 42.3 Å². The van der Waals surface area contributed by atoms with Crippen molar-refractivity contribution in [3.8, 4) is 10.4 Å². The number of aromatic nitrogens is 3. The van der Waals surface area contributed by atoms with E-state index in [2.05, 4.69) is 4.98 Å². The van der Waals surface area contributed by atoms with Crippen molar-refractivity contribution in [3.05, 3.63) is 39.8 Å². The van der Waals surface area contributed by atoms with Crippen LogP contribution in [0.4, 0.5) is 13.2 Å². The molecule has 138 valence electrons. The smallest absolute Gasteiger partial charge is 0.368 e. The summed E-state index contributed by atoms with van der Waals surface area (Å²) in [6, 6.07) is 3.89. The SMILES string of the molecule is Cn1c(=O)n(C(C)(C)C(N)=O)c2cc(-c3ccc(C(F)(F)F)s3)cnc21. The maximum Gasteiger partial charge on any atom is 0.425 e. The number of aryl methyl sites for hydroxylation is 1. The minimum atomic E-state index is -4.43. The van der Waals surface area contributed by atoms with Gasteiger partial charge in [-0.15, -0.1) is 11.3 Å². The van der Waals surface area contributed by atoms with Gasteiger partial charge in [0.1, 0.15) is 10.4 Å². The number of thiophene rings is 1. The normalized spacial score (nSPS) is 12.7. The highest BCUT2D eigenvalue weighted by atomic mass is 32.1. The molecule has 0 spiro atoms. The molecule has 0 saturated carbocycles. The maximum absolute atomic E-state index is 12.8. The molecule has 0 fully saturated rings. The van der Waals surface area contributed by atoms with Gasteiger partial charge in [-0.1, -0.05) is 0 Å². The molecule has 0 aromatic carbocycles. The Morgan fingerprint density at radius 2 is 1.92 bits per heavy atom. The lowest BCUT2D eigenvalue weighted by molar-refractivity contribution is -0.134. The minimum absolute atomic E-state index is 0.306. The summed E-state index contributed by atoms with van der Waals surface area (Å²) in [4.78, 5) is 28.2. The molecule has 3 aromatic heterocycles. The van der Waals surface area contributed by atoms with Gasteiger partial charge in [0.15, 0.2) is 5.65 Å². The fourth-order valence-electron chi connectivity index (χ4n) is 2.64. The van der Waals surface area contributed by atoms with Gasteiger partial charge in [0, 0.05) is 23.7 Å². The Kier molecular flexibility index (Phi) is 3.98. The molecule has 0 aliphatic carbocycles. The van der Waals surface area contributed by atoms with Crippen LogP contribution in [0.3, 0.4) is 0 Å². The van der Waals surface area contributed by atoms with Gasteiger partial charge in [0.05, 0.1) is 5.52 Å². The lowest BCUT2D eigenvalue weighted by atomic mass is 10.0. The molecule has 3 heterocycles. The second kappa shape index (κ2) is 5.70. The molecule has 26 heavy (non-hydrogen) atoms. The van der Waals surface area contributed by atoms with Crippen LogP contribution in [-0.4, -0.2) is 20.0 Å². The first-order chi connectivity index (χ1) is 11.9. The monoisotopic (exact) mass is 384 g/mol. The molecule has 0 radical (unpaired) electrons. The van der Waals surface area contributed by atoms with Crippen molar-refractivity contribution in [3.63, 3.8) is 0 Å². The number of amides is 1. The number of fused-ring (bicyclic) bond motifs is 1. The number of carbonyl (C=O) groups is 1. The molecule has 2 N–H and O–H groups in total. The van der Waals surface area contributed by atoms with E-state index in [0.717, 1.165) is 6.07 Å². The van der Waals surface area contributed by atoms with Crippen LogP contribution in [0.5, 0.6) is 0 Å². The number of halogens is 3. The second-order valence-corrected chi connectivity index (χ2v) is 7.41. The van der Waals surface area contributed by atoms with Gasteiger partial charge in [-0.3, -0.25) is 13.9 Å². The first-order valence-corrected chi connectivity index (χ1v) is 8.31. The van der Waals surface area contributed by atoms with E-state index in [9.17, 15) is 22.8 Å². The molecule has 0 bridgehead atoms. The van der Waals surface area contributed by atoms with Gasteiger partial charge < -0.3 is 5.73 Å². The van der Waals surface area contributed by atoms with E-state index in [0.29, 0.717) is 32.9 Å². The summed E-state index contributed by atoms with van der Waals surface area (Å²) >= 11 is 0.581. The summed E-state index contributed by atoms with van der Waals surface area (Å²) in [7, 11) is 1.50. The van der Waals surface area contributed by atoms with Crippen LogP contribution in [-0.2, 0) is 23.6 Å². The van der Waals surface area contributed by atoms with Crippen molar-refractivity contribution >= 4 is 28.4 Å². The molecule has 6 nitrogen and oxygen atoms in total. The topological polar surface area (TPSA) is 82.9 Å². The number of carbonyl (C=O) groups excluding carboxylic acids is 1. The van der Waals surface area contributed by atoms with Gasteiger partial charge in [0.25, 0.3) is 0 Å². The molecule has 10 heteroatoms. The summed E-state index contributed by atoms with van der Waals surface area (Å²) in [5, 5.41) is 0. The molecule has 3 rings (SSSR count). The van der Waals surface area contributed by atoms with E-state index < -0.39 is 28.2 Å². The van der Waals surface area contributed by atoms with Gasteiger partial charge in [-0.05, 0) is 32.0 Å². The lowest BCUT2D eigenvalue weighted by Gasteiger charge is -2.22. The lowest BCUT2D eigenvalue weighted by Crippen LogP contribution is -2.46. The van der Waals surface area contributed by atoms with Crippen LogP contribution in [0.2, 0.25) is 0 Å². The number of imidazole rings is 1. The van der Waals surface area contributed by atoms with Crippen LogP contribution in [0.25, 0.3) is 21.6 Å². The fourth-order valence-corrected chi connectivity index (χ4v) is 3.50. The predicted molar refractivity (Wildman–Crippen MR) is 91.8 cm³/mol. The second-order valence-electron chi connectivity index (χ2n) is 6.33. The summed E-state index contributed by atoms with van der Waals surface area (Å²) in [5.74, 6) is -0.715. The predicted octanol–water partition coefficient (Wildman–Crippen LogP) is 2.70. The number of hydrogen-bond donors (Lipinski definition) is 1. The molecule has 3 aromatic rings. The zero-order valence-corrected chi connectivity index (χ0v) is 14.9. The Bertz CT molecular complexity index is 1080. The van der Waals surface area contributed by atoms with Crippen molar-refractivity contribution in [2.45, 2.75) is 25.6 Å². The maximum atomic E-state index is 12.8. The molecular formula is C16H15F3N4O2S. The molecule has 1 amide bonds. The first-order valence-electron chi connectivity index (χ1n) is 7.50. The summed E-state index contributed by atoms with van der Waals surface area (Å²) in [5.41, 5.74) is 4.64. The van der Waals surface area contributed by atoms with Crippen LogP contribution in [0.15, 0.2) is 29.2 Å². The van der Waals surface area contributed by atoms with E-state index in [1.54, 1.807) is 6.07 Å². The highest BCUT2D eigenvalue weighted by Crippen LogP contribution is 2.38. The van der Waals surface area contributed by atoms with Crippen molar-refractivity contribution in [2.24, 2.45) is 12.8 Å². The standard InChI is InChI=1S/C16H15F3N4O2S/c1-15(2,13(20)24)23-9-6-8(7-21-12(9)22(3)14(23)25)10-4-5-11(26-10)16(17,18)19/h4-7H,1-3H3,(H2,20,24). The minimum Gasteiger partial charge on any atom is -0.368 e. The highest BCUT2D eigenvalue weighted by Gasteiger charge is 2.34. The summed E-state index contributed by atoms with van der Waals surface area (Å²) in [6.07, 6.45) is -3.03. The van der Waals surface area contributed by atoms with Gasteiger partial charge >= 0.3 is 11.9 Å². The van der Waals surface area contributed by atoms with Crippen LogP contribution in [0.1, 0.15) is 18.7 Å². The van der Waals surface area contributed by atoms with Crippen molar-refractivity contribution in [2.75, 3.05) is 0 Å². The molecule has 0 atom stereocenters. The molecule has 0 unspecified atom stereocenters. The highest BCUT2D eigenvalue weighted by molar-refractivity contribution is 7.15. The zero-order chi connectivity index (χ0) is 19.4. The van der Waals surface area contributed by atoms with Crippen molar-refractivity contribution < 1.29 is 18.0 Å². The Balaban J connectivity index is 2.25. The zero-order valence-electron chi connectivity index (χ0n) is 14.1. The third kappa shape index (κ3) is 2.70. The largest absolute Gasteiger partial charge is 0.425 e. The fraction of sp³-hybridized carbons (Fsp3) is 0.312. The summed E-state index contributed by atoms with van der Waals surface area (Å²) < 4.78 is 41.0. The van der Waals surface area contributed by atoms with Crippen molar-refractivity contribution in [1.82, 2.24) is 14.1 Å². The van der Waals surface area contributed by atoms with Crippen molar-refractivity contribution in [1.29, 1.82) is 0 Å². The molecule has 0 aliphatic rings. The van der Waals surface area contributed by atoms with E-state index >= 15 is 0 Å². The Labute approximate surface area is 149 Å². The number of rotatable bonds is 3. The number of nitrogens with zero attached hydrogens (tertiary/aromatic N) is 3. The number of pyridine rings is 1. The van der Waals surface area contributed by atoms with Gasteiger partial charge in [-0.25, -0.2) is 9.78 Å². The number of primary amides is 1. The quantitative estimate of drug-likeness (QED) is 0.754. The molecular weight excluding hydrogens is 369 g/mol. The van der Waals surface area contributed by atoms with Crippen LogP contribution in [0, 0.1) is 0 Å². The number of alkyl halides is 3. The summed E-state index contributed by atoms with van der Waals surface area (Å²) in [6.45, 7) is 2.99. The Hall–Kier alpha value is -2.62. The first kappa shape index (κ1) is 18.2. The van der Waals surface area contributed by atoms with Gasteiger partial charge in [-0.2, -0.15) is 13.2 Å². The Morgan fingerprint density at radius 3 is 2.46 bits per heavy atom. The number of nitrogens with two attached hydrogens (primary N) is 1. The Morgan fingerprint density at radius 1 is 1.27 bits per heavy atom. The molecule has 0 saturated heterocycles. The average Bonchev–Trinajstić information content (AvgIpc) is 3.11. The molecule has 0 aliphatic heterocycles. The number of hydrogen-bond acceptors (Lipinski definition) is 4.